The van der Waals surface area contributed by atoms with Crippen molar-refractivity contribution in [3.63, 3.8) is 0 Å². The minimum Gasteiger partial charge on any atom is -0.350 e. The quantitative estimate of drug-likeness (QED) is 0.153. The predicted octanol–water partition coefficient (Wildman–Crippen LogP) is -1.80. The van der Waals surface area contributed by atoms with Gasteiger partial charge in [0.15, 0.2) is 0 Å². The number of carbonyl (C=O) groups is 6. The number of hydrogen-bond donors (Lipinski definition) is 6. The van der Waals surface area contributed by atoms with Crippen molar-refractivity contribution >= 4 is 54.1 Å². The first-order valence-corrected chi connectivity index (χ1v) is 7.63. The van der Waals surface area contributed by atoms with Crippen LogP contribution in [-0.2, 0) is 0 Å². The summed E-state index contributed by atoms with van der Waals surface area (Å²) in [6.45, 7) is 0. The molecule has 1 rings (SSSR count). The molecule has 6 amide bonds. The molecule has 0 aliphatic carbocycles. The molecule has 0 heterocycles. The summed E-state index contributed by atoms with van der Waals surface area (Å²) in [6, 6.07) is 0.257. The van der Waals surface area contributed by atoms with E-state index in [-0.39, 0.29) is 16.7 Å². The zero-order chi connectivity index (χ0) is 22.7. The summed E-state index contributed by atoms with van der Waals surface area (Å²) in [4.78, 5) is 68.4. The van der Waals surface area contributed by atoms with Crippen molar-refractivity contribution in [3.05, 3.63) is 34.9 Å². The number of ketones is 3. The molecule has 0 spiro atoms. The fourth-order valence-electron chi connectivity index (χ4n) is 1.74. The molecule has 0 aromatic heterocycles. The van der Waals surface area contributed by atoms with Crippen LogP contribution in [0.1, 0.15) is 31.1 Å². The molecule has 30 heavy (non-hydrogen) atoms. The number of rotatable bonds is 9. The number of nitrogens with one attached hydrogen (secondary N) is 3. The van der Waals surface area contributed by atoms with Gasteiger partial charge in [0, 0.05) is 16.7 Å². The first-order valence-electron chi connectivity index (χ1n) is 7.63. The SMILES string of the molecule is NC(=O)N/N=C\C(=O)c1cc(C(=O)/C=N\NC(N)=O)cc(C(=O)/C=N/NC(N)=O)c1. The van der Waals surface area contributed by atoms with E-state index in [9.17, 15) is 28.8 Å². The molecule has 1 aromatic carbocycles. The zero-order valence-electron chi connectivity index (χ0n) is 15.0. The lowest BCUT2D eigenvalue weighted by Crippen LogP contribution is -2.25. The molecule has 9 N–H and O–H groups in total. The minimum atomic E-state index is -1.02. The smallest absolute Gasteiger partial charge is 0.332 e. The van der Waals surface area contributed by atoms with E-state index in [2.05, 4.69) is 15.3 Å². The molecule has 0 atom stereocenters. The molecule has 156 valence electrons. The van der Waals surface area contributed by atoms with Crippen LogP contribution in [-0.4, -0.2) is 54.1 Å². The van der Waals surface area contributed by atoms with Crippen LogP contribution in [0.2, 0.25) is 0 Å². The fraction of sp³-hybridized carbons (Fsp3) is 0. The molecule has 0 aliphatic rings. The van der Waals surface area contributed by atoms with E-state index < -0.39 is 35.4 Å². The molecular weight excluding hydrogens is 402 g/mol. The van der Waals surface area contributed by atoms with Crippen molar-refractivity contribution in [2.45, 2.75) is 0 Å². The fourth-order valence-corrected chi connectivity index (χ4v) is 1.74. The largest absolute Gasteiger partial charge is 0.350 e. The lowest BCUT2D eigenvalue weighted by molar-refractivity contribution is 0.106. The Hall–Kier alpha value is -4.95. The van der Waals surface area contributed by atoms with Crippen molar-refractivity contribution in [2.75, 3.05) is 0 Å². The summed E-state index contributed by atoms with van der Waals surface area (Å²) in [5.74, 6) is -2.40. The highest BCUT2D eigenvalue weighted by Crippen LogP contribution is 2.12. The second-order valence-corrected chi connectivity index (χ2v) is 5.09. The van der Waals surface area contributed by atoms with Crippen LogP contribution in [0.15, 0.2) is 33.5 Å². The maximum Gasteiger partial charge on any atom is 0.332 e. The Morgan fingerprint density at radius 1 is 0.567 bits per heavy atom. The molecule has 15 heteroatoms. The van der Waals surface area contributed by atoms with Crippen LogP contribution in [0.4, 0.5) is 14.4 Å². The minimum absolute atomic E-state index is 0.174. The number of urea groups is 3. The Morgan fingerprint density at radius 3 is 1.00 bits per heavy atom. The molecule has 0 saturated carbocycles. The number of nitrogens with two attached hydrogens (primary N) is 3. The Balaban J connectivity index is 3.27. The highest BCUT2D eigenvalue weighted by Gasteiger charge is 2.14. The first-order chi connectivity index (χ1) is 14.1. The van der Waals surface area contributed by atoms with E-state index in [4.69, 9.17) is 17.2 Å². The van der Waals surface area contributed by atoms with Gasteiger partial charge < -0.3 is 17.2 Å². The van der Waals surface area contributed by atoms with Crippen molar-refractivity contribution < 1.29 is 28.8 Å². The molecule has 0 bridgehead atoms. The van der Waals surface area contributed by atoms with Gasteiger partial charge in [0.1, 0.15) is 0 Å². The van der Waals surface area contributed by atoms with Crippen molar-refractivity contribution in [2.24, 2.45) is 32.5 Å². The van der Waals surface area contributed by atoms with E-state index >= 15 is 0 Å². The molecule has 0 aliphatic heterocycles. The van der Waals surface area contributed by atoms with Crippen LogP contribution in [0.3, 0.4) is 0 Å². The number of nitrogens with zero attached hydrogens (tertiary/aromatic N) is 3. The van der Waals surface area contributed by atoms with Crippen LogP contribution < -0.4 is 33.5 Å². The number of benzene rings is 1. The number of amides is 6. The van der Waals surface area contributed by atoms with Crippen molar-refractivity contribution in [1.82, 2.24) is 16.3 Å². The number of carbonyl (C=O) groups excluding carboxylic acids is 6. The van der Waals surface area contributed by atoms with E-state index in [1.807, 2.05) is 0 Å². The predicted molar refractivity (Wildman–Crippen MR) is 103 cm³/mol. The number of primary amides is 3. The summed E-state index contributed by atoms with van der Waals surface area (Å²) < 4.78 is 0. The second kappa shape index (κ2) is 11.0. The molecule has 1 aromatic rings. The summed E-state index contributed by atoms with van der Waals surface area (Å²) in [6.07, 6.45) is 2.07. The molecule has 0 radical (unpaired) electrons. The van der Waals surface area contributed by atoms with Crippen LogP contribution >= 0.6 is 0 Å². The summed E-state index contributed by atoms with van der Waals surface area (Å²) in [5, 5.41) is 9.87. The third kappa shape index (κ3) is 8.16. The van der Waals surface area contributed by atoms with E-state index in [0.29, 0.717) is 18.6 Å². The highest BCUT2D eigenvalue weighted by molar-refractivity contribution is 6.40. The van der Waals surface area contributed by atoms with Crippen LogP contribution in [0.5, 0.6) is 0 Å². The van der Waals surface area contributed by atoms with Crippen LogP contribution in [0.25, 0.3) is 0 Å². The number of Topliss-reactive ketones (excluding diaryl/α,β-unsaturated/α-hetero) is 3. The Kier molecular flexibility index (Phi) is 8.48. The Morgan fingerprint density at radius 2 is 0.800 bits per heavy atom. The van der Waals surface area contributed by atoms with E-state index in [1.54, 1.807) is 16.3 Å². The molecule has 0 fully saturated rings. The maximum atomic E-state index is 12.2. The van der Waals surface area contributed by atoms with Crippen molar-refractivity contribution in [3.8, 4) is 0 Å². The van der Waals surface area contributed by atoms with Gasteiger partial charge in [-0.1, -0.05) is 0 Å². The standard InChI is InChI=1S/C15H15N9O6/c16-13(28)22-19-4-10(25)7-1-8(11(26)5-20-23-14(17)29)3-9(2-7)12(27)6-21-24-15(18)30/h1-6H,(H3,16,22,28)(H3,17,23,29)(H3,18,24,30)/b19-4-,20-5-,21-6+. The Bertz CT molecular complexity index is 847. The van der Waals surface area contributed by atoms with Crippen LogP contribution in [0, 0.1) is 0 Å². The average Bonchev–Trinajstić information content (AvgIpc) is 2.66. The highest BCUT2D eigenvalue weighted by atomic mass is 16.2. The van der Waals surface area contributed by atoms with E-state index in [0.717, 1.165) is 18.2 Å². The normalized spacial score (nSPS) is 10.8. The molecule has 15 nitrogen and oxygen atoms in total. The van der Waals surface area contributed by atoms with Gasteiger partial charge in [0.05, 0.1) is 18.6 Å². The van der Waals surface area contributed by atoms with Gasteiger partial charge in [0.25, 0.3) is 0 Å². The number of hydrogen-bond acceptors (Lipinski definition) is 9. The lowest BCUT2D eigenvalue weighted by atomic mass is 9.99. The monoisotopic (exact) mass is 417 g/mol. The second-order valence-electron chi connectivity index (χ2n) is 5.09. The summed E-state index contributed by atoms with van der Waals surface area (Å²) in [5.41, 5.74) is 19.3. The average molecular weight is 417 g/mol. The van der Waals surface area contributed by atoms with Gasteiger partial charge in [-0.2, -0.15) is 15.3 Å². The first kappa shape index (κ1) is 23.1. The van der Waals surface area contributed by atoms with Gasteiger partial charge in [-0.3, -0.25) is 14.4 Å². The Labute approximate surface area is 167 Å². The van der Waals surface area contributed by atoms with Gasteiger partial charge in [0.2, 0.25) is 17.3 Å². The van der Waals surface area contributed by atoms with Crippen molar-refractivity contribution in [1.29, 1.82) is 0 Å². The van der Waals surface area contributed by atoms with Gasteiger partial charge in [-0.05, 0) is 18.2 Å². The molecule has 0 unspecified atom stereocenters. The van der Waals surface area contributed by atoms with Gasteiger partial charge in [-0.15, -0.1) is 0 Å². The summed E-state index contributed by atoms with van der Waals surface area (Å²) in [7, 11) is 0. The third-order valence-electron chi connectivity index (χ3n) is 2.86. The van der Waals surface area contributed by atoms with Gasteiger partial charge in [-0.25, -0.2) is 30.7 Å². The maximum absolute atomic E-state index is 12.2. The summed E-state index contributed by atoms with van der Waals surface area (Å²) >= 11 is 0. The topological polar surface area (TPSA) is 254 Å². The third-order valence-corrected chi connectivity index (χ3v) is 2.86. The van der Waals surface area contributed by atoms with Gasteiger partial charge >= 0.3 is 18.1 Å². The molecule has 0 saturated heterocycles. The lowest BCUT2D eigenvalue weighted by Gasteiger charge is -2.04. The zero-order valence-corrected chi connectivity index (χ0v) is 15.0. The molecular formula is C15H15N9O6. The van der Waals surface area contributed by atoms with E-state index in [1.165, 1.54) is 0 Å². The number of hydrazone groups is 3.